The number of ketones is 2. The fraction of sp³-hybridized carbons (Fsp3) is 0.700. The second-order valence-corrected chi connectivity index (χ2v) is 3.80. The summed E-state index contributed by atoms with van der Waals surface area (Å²) in [6.07, 6.45) is 2.08. The Hall–Kier alpha value is -1.19. The molecule has 0 N–H and O–H groups in total. The normalized spacial score (nSPS) is 25.2. The molecular weight excluding hydrogens is 180 g/mol. The van der Waals surface area contributed by atoms with E-state index in [2.05, 4.69) is 5.10 Å². The van der Waals surface area contributed by atoms with Crippen LogP contribution >= 0.6 is 0 Å². The van der Waals surface area contributed by atoms with Crippen molar-refractivity contribution < 1.29 is 9.59 Å². The van der Waals surface area contributed by atoms with Crippen molar-refractivity contribution >= 4 is 17.3 Å². The molecule has 1 rings (SSSR count). The Balaban J connectivity index is 2.91. The Labute approximate surface area is 84.0 Å². The Bertz CT molecular complexity index is 282. The van der Waals surface area contributed by atoms with E-state index < -0.39 is 5.92 Å². The van der Waals surface area contributed by atoms with E-state index in [0.29, 0.717) is 6.42 Å². The van der Waals surface area contributed by atoms with Gasteiger partial charge in [0, 0.05) is 20.5 Å². The first-order chi connectivity index (χ1) is 6.52. The monoisotopic (exact) mass is 196 g/mol. The van der Waals surface area contributed by atoms with Gasteiger partial charge < -0.3 is 5.01 Å². The molecule has 1 aliphatic carbocycles. The Morgan fingerprint density at radius 1 is 1.43 bits per heavy atom. The van der Waals surface area contributed by atoms with E-state index in [0.717, 1.165) is 18.6 Å². The van der Waals surface area contributed by atoms with Gasteiger partial charge in [-0.2, -0.15) is 5.10 Å². The standard InChI is InChI=1S/C10H16N2O2/c1-7(13)10-8(11-12(2)3)5-4-6-9(10)14/h10H,4-6H2,1-3H3. The summed E-state index contributed by atoms with van der Waals surface area (Å²) in [6, 6.07) is 0. The molecule has 78 valence electrons. The first-order valence-corrected chi connectivity index (χ1v) is 4.80. The fourth-order valence-electron chi connectivity index (χ4n) is 1.74. The highest BCUT2D eigenvalue weighted by atomic mass is 16.1. The lowest BCUT2D eigenvalue weighted by atomic mass is 9.84. The molecule has 0 spiro atoms. The minimum absolute atomic E-state index is 0.0179. The quantitative estimate of drug-likeness (QED) is 0.486. The van der Waals surface area contributed by atoms with Crippen LogP contribution in [0.2, 0.25) is 0 Å². The number of hydrazone groups is 1. The lowest BCUT2D eigenvalue weighted by molar-refractivity contribution is -0.129. The molecule has 0 aromatic heterocycles. The van der Waals surface area contributed by atoms with Gasteiger partial charge in [-0.15, -0.1) is 0 Å². The predicted molar refractivity (Wildman–Crippen MR) is 54.2 cm³/mol. The average molecular weight is 196 g/mol. The molecule has 0 radical (unpaired) electrons. The first-order valence-electron chi connectivity index (χ1n) is 4.80. The van der Waals surface area contributed by atoms with Crippen molar-refractivity contribution in [2.24, 2.45) is 11.0 Å². The maximum absolute atomic E-state index is 11.5. The summed E-state index contributed by atoms with van der Waals surface area (Å²) in [5.74, 6) is -0.647. The number of nitrogens with zero attached hydrogens (tertiary/aromatic N) is 2. The predicted octanol–water partition coefficient (Wildman–Crippen LogP) is 0.862. The van der Waals surface area contributed by atoms with E-state index >= 15 is 0 Å². The number of Topliss-reactive ketones (excluding diaryl/α,β-unsaturated/α-hetero) is 2. The third-order valence-electron chi connectivity index (χ3n) is 2.25. The molecule has 0 aromatic carbocycles. The number of carbonyl (C=O) groups is 2. The molecule has 1 aliphatic rings. The van der Waals surface area contributed by atoms with Crippen LogP contribution in [0.4, 0.5) is 0 Å². The molecule has 0 aliphatic heterocycles. The molecule has 1 saturated carbocycles. The van der Waals surface area contributed by atoms with Crippen molar-refractivity contribution in [2.75, 3.05) is 14.1 Å². The number of hydrogen-bond donors (Lipinski definition) is 0. The maximum Gasteiger partial charge on any atom is 0.149 e. The van der Waals surface area contributed by atoms with Gasteiger partial charge in [0.1, 0.15) is 17.5 Å². The number of rotatable bonds is 2. The van der Waals surface area contributed by atoms with Crippen molar-refractivity contribution in [1.82, 2.24) is 5.01 Å². The highest BCUT2D eigenvalue weighted by Gasteiger charge is 2.32. The topological polar surface area (TPSA) is 49.7 Å². The lowest BCUT2D eigenvalue weighted by Gasteiger charge is -2.21. The van der Waals surface area contributed by atoms with E-state index in [1.807, 2.05) is 0 Å². The third-order valence-corrected chi connectivity index (χ3v) is 2.25. The summed E-state index contributed by atoms with van der Waals surface area (Å²) in [4.78, 5) is 22.8. The highest BCUT2D eigenvalue weighted by Crippen LogP contribution is 2.19. The largest absolute Gasteiger partial charge is 0.303 e. The van der Waals surface area contributed by atoms with Gasteiger partial charge in [-0.1, -0.05) is 0 Å². The van der Waals surface area contributed by atoms with E-state index in [9.17, 15) is 9.59 Å². The molecule has 0 bridgehead atoms. The van der Waals surface area contributed by atoms with Crippen molar-refractivity contribution in [1.29, 1.82) is 0 Å². The molecule has 1 unspecified atom stereocenters. The molecule has 0 heterocycles. The van der Waals surface area contributed by atoms with Crippen molar-refractivity contribution in [3.63, 3.8) is 0 Å². The minimum Gasteiger partial charge on any atom is -0.303 e. The SMILES string of the molecule is CC(=O)C1C(=O)CCCC1=NN(C)C. The minimum atomic E-state index is -0.578. The van der Waals surface area contributed by atoms with Gasteiger partial charge in [0.25, 0.3) is 0 Å². The van der Waals surface area contributed by atoms with Crippen LogP contribution in [-0.2, 0) is 9.59 Å². The van der Waals surface area contributed by atoms with Gasteiger partial charge in [0.05, 0.1) is 5.71 Å². The molecule has 4 nitrogen and oxygen atoms in total. The Morgan fingerprint density at radius 3 is 2.57 bits per heavy atom. The molecular formula is C10H16N2O2. The van der Waals surface area contributed by atoms with Crippen LogP contribution in [-0.4, -0.2) is 36.4 Å². The van der Waals surface area contributed by atoms with E-state index in [1.165, 1.54) is 6.92 Å². The van der Waals surface area contributed by atoms with E-state index in [1.54, 1.807) is 19.1 Å². The summed E-state index contributed by atoms with van der Waals surface area (Å²) in [5, 5.41) is 5.84. The summed E-state index contributed by atoms with van der Waals surface area (Å²) in [5.41, 5.74) is 0.721. The Morgan fingerprint density at radius 2 is 2.07 bits per heavy atom. The smallest absolute Gasteiger partial charge is 0.149 e. The van der Waals surface area contributed by atoms with Gasteiger partial charge >= 0.3 is 0 Å². The van der Waals surface area contributed by atoms with Crippen LogP contribution in [0, 0.1) is 5.92 Å². The van der Waals surface area contributed by atoms with Crippen LogP contribution in [0.5, 0.6) is 0 Å². The summed E-state index contributed by atoms with van der Waals surface area (Å²) >= 11 is 0. The Kier molecular flexibility index (Phi) is 3.38. The van der Waals surface area contributed by atoms with E-state index in [-0.39, 0.29) is 11.6 Å². The first kappa shape index (κ1) is 10.9. The molecule has 1 atom stereocenters. The fourth-order valence-corrected chi connectivity index (χ4v) is 1.74. The van der Waals surface area contributed by atoms with Gasteiger partial charge in [-0.05, 0) is 19.8 Å². The van der Waals surface area contributed by atoms with Crippen LogP contribution in [0.1, 0.15) is 26.2 Å². The van der Waals surface area contributed by atoms with Crippen molar-refractivity contribution in [3.05, 3.63) is 0 Å². The summed E-state index contributed by atoms with van der Waals surface area (Å²) in [6.45, 7) is 1.46. The van der Waals surface area contributed by atoms with E-state index in [4.69, 9.17) is 0 Å². The van der Waals surface area contributed by atoms with Crippen molar-refractivity contribution in [3.8, 4) is 0 Å². The average Bonchev–Trinajstić information content (AvgIpc) is 2.01. The zero-order valence-corrected chi connectivity index (χ0v) is 8.91. The van der Waals surface area contributed by atoms with Crippen LogP contribution in [0.25, 0.3) is 0 Å². The molecule has 1 fully saturated rings. The summed E-state index contributed by atoms with van der Waals surface area (Å²) < 4.78 is 0. The molecule has 0 saturated heterocycles. The van der Waals surface area contributed by atoms with Gasteiger partial charge in [-0.25, -0.2) is 0 Å². The molecule has 4 heteroatoms. The highest BCUT2D eigenvalue weighted by molar-refractivity contribution is 6.21. The van der Waals surface area contributed by atoms with Crippen LogP contribution in [0.3, 0.4) is 0 Å². The molecule has 14 heavy (non-hydrogen) atoms. The second-order valence-electron chi connectivity index (χ2n) is 3.80. The second kappa shape index (κ2) is 4.35. The molecule has 0 amide bonds. The summed E-state index contributed by atoms with van der Waals surface area (Å²) in [7, 11) is 3.59. The van der Waals surface area contributed by atoms with Crippen molar-refractivity contribution in [2.45, 2.75) is 26.2 Å². The maximum atomic E-state index is 11.5. The van der Waals surface area contributed by atoms with Crippen LogP contribution < -0.4 is 0 Å². The zero-order chi connectivity index (χ0) is 10.7. The van der Waals surface area contributed by atoms with Gasteiger partial charge in [0.2, 0.25) is 0 Å². The molecule has 0 aromatic rings. The lowest BCUT2D eigenvalue weighted by Crippen LogP contribution is -2.35. The van der Waals surface area contributed by atoms with Crippen LogP contribution in [0.15, 0.2) is 5.10 Å². The third kappa shape index (κ3) is 2.40. The number of hydrogen-bond acceptors (Lipinski definition) is 4. The number of carbonyl (C=O) groups excluding carboxylic acids is 2. The zero-order valence-electron chi connectivity index (χ0n) is 8.91. The van der Waals surface area contributed by atoms with Gasteiger partial charge in [0.15, 0.2) is 0 Å². The van der Waals surface area contributed by atoms with Gasteiger partial charge in [-0.3, -0.25) is 9.59 Å².